The van der Waals surface area contributed by atoms with Crippen LogP contribution in [0.25, 0.3) is 0 Å². The van der Waals surface area contributed by atoms with E-state index in [9.17, 15) is 4.79 Å². The van der Waals surface area contributed by atoms with Crippen LogP contribution in [0.5, 0.6) is 0 Å². The van der Waals surface area contributed by atoms with Crippen LogP contribution in [0, 0.1) is 6.92 Å². The molecule has 0 aliphatic carbocycles. The molecule has 4 nitrogen and oxygen atoms in total. The van der Waals surface area contributed by atoms with Gasteiger partial charge in [-0.15, -0.1) is 0 Å². The average molecular weight is 360 g/mol. The predicted octanol–water partition coefficient (Wildman–Crippen LogP) is 4.56. The number of nitrogens with zero attached hydrogens (tertiary/aromatic N) is 3. The molecule has 3 rings (SSSR count). The molecule has 0 saturated carbocycles. The lowest BCUT2D eigenvalue weighted by atomic mass is 9.90. The standard InChI is InChI=1S/C18H15Cl2N3O/c1-12-2-4-13(5-3-12)16(9-23-11-21-10-22-23)18(24)15-7-6-14(19)8-17(15)20/h2-8,10-11,16H,9H2,1H3. The monoisotopic (exact) mass is 359 g/mol. The Balaban J connectivity index is 1.99. The summed E-state index contributed by atoms with van der Waals surface area (Å²) in [6, 6.07) is 12.8. The Bertz CT molecular complexity index is 845. The molecule has 0 radical (unpaired) electrons. The maximum absolute atomic E-state index is 13.1. The van der Waals surface area contributed by atoms with Crippen molar-refractivity contribution in [1.29, 1.82) is 0 Å². The number of ketones is 1. The van der Waals surface area contributed by atoms with E-state index in [0.717, 1.165) is 11.1 Å². The smallest absolute Gasteiger partial charge is 0.173 e. The summed E-state index contributed by atoms with van der Waals surface area (Å²) in [6.45, 7) is 2.40. The maximum Gasteiger partial charge on any atom is 0.173 e. The Labute approximate surface area is 150 Å². The summed E-state index contributed by atoms with van der Waals surface area (Å²) in [6.07, 6.45) is 3.05. The lowest BCUT2D eigenvalue weighted by Gasteiger charge is -2.17. The van der Waals surface area contributed by atoms with Crippen LogP contribution in [0.15, 0.2) is 55.1 Å². The van der Waals surface area contributed by atoms with Crippen molar-refractivity contribution in [2.75, 3.05) is 0 Å². The van der Waals surface area contributed by atoms with E-state index in [2.05, 4.69) is 10.1 Å². The Morgan fingerprint density at radius 1 is 1.17 bits per heavy atom. The molecule has 0 aliphatic heterocycles. The molecule has 0 spiro atoms. The highest BCUT2D eigenvalue weighted by atomic mass is 35.5. The first kappa shape index (κ1) is 16.7. The normalized spacial score (nSPS) is 12.1. The molecule has 0 fully saturated rings. The predicted molar refractivity (Wildman–Crippen MR) is 94.7 cm³/mol. The van der Waals surface area contributed by atoms with Gasteiger partial charge in [0, 0.05) is 10.6 Å². The van der Waals surface area contributed by atoms with E-state index < -0.39 is 5.92 Å². The minimum atomic E-state index is -0.411. The fourth-order valence-electron chi connectivity index (χ4n) is 2.53. The number of carbonyl (C=O) groups is 1. The second-order valence-electron chi connectivity index (χ2n) is 5.57. The van der Waals surface area contributed by atoms with Crippen LogP contribution < -0.4 is 0 Å². The molecular formula is C18H15Cl2N3O. The van der Waals surface area contributed by atoms with Crippen LogP contribution in [0.1, 0.15) is 27.4 Å². The number of carbonyl (C=O) groups excluding carboxylic acids is 1. The first-order valence-electron chi connectivity index (χ1n) is 7.43. The van der Waals surface area contributed by atoms with Gasteiger partial charge in [0.2, 0.25) is 0 Å². The van der Waals surface area contributed by atoms with E-state index in [4.69, 9.17) is 23.2 Å². The van der Waals surface area contributed by atoms with Gasteiger partial charge in [-0.25, -0.2) is 4.98 Å². The van der Waals surface area contributed by atoms with Gasteiger partial charge in [0.05, 0.1) is 17.5 Å². The van der Waals surface area contributed by atoms with E-state index in [-0.39, 0.29) is 5.78 Å². The summed E-state index contributed by atoms with van der Waals surface area (Å²) >= 11 is 12.2. The number of benzene rings is 2. The fourth-order valence-corrected chi connectivity index (χ4v) is 3.03. The largest absolute Gasteiger partial charge is 0.293 e. The summed E-state index contributed by atoms with van der Waals surface area (Å²) in [5.41, 5.74) is 2.49. The van der Waals surface area contributed by atoms with Gasteiger partial charge in [-0.05, 0) is 30.7 Å². The number of aryl methyl sites for hydroxylation is 1. The zero-order valence-electron chi connectivity index (χ0n) is 13.0. The molecule has 0 aliphatic rings. The van der Waals surface area contributed by atoms with Gasteiger partial charge < -0.3 is 0 Å². The highest BCUT2D eigenvalue weighted by Crippen LogP contribution is 2.28. The summed E-state index contributed by atoms with van der Waals surface area (Å²) in [5.74, 6) is -0.484. The van der Waals surface area contributed by atoms with Crippen molar-refractivity contribution in [2.24, 2.45) is 0 Å². The van der Waals surface area contributed by atoms with Crippen LogP contribution in [-0.2, 0) is 6.54 Å². The van der Waals surface area contributed by atoms with E-state index in [1.807, 2.05) is 31.2 Å². The van der Waals surface area contributed by atoms with Crippen LogP contribution in [0.4, 0.5) is 0 Å². The number of hydrogen-bond donors (Lipinski definition) is 0. The number of rotatable bonds is 5. The molecule has 0 bridgehead atoms. The van der Waals surface area contributed by atoms with Crippen LogP contribution in [0.2, 0.25) is 10.0 Å². The van der Waals surface area contributed by atoms with E-state index >= 15 is 0 Å². The molecule has 6 heteroatoms. The second kappa shape index (κ2) is 7.16. The van der Waals surface area contributed by atoms with Crippen molar-refractivity contribution in [3.63, 3.8) is 0 Å². The molecule has 1 unspecified atom stereocenters. The van der Waals surface area contributed by atoms with Crippen LogP contribution in [-0.4, -0.2) is 20.5 Å². The van der Waals surface area contributed by atoms with Gasteiger partial charge in [0.1, 0.15) is 12.7 Å². The third-order valence-corrected chi connectivity index (χ3v) is 4.38. The quantitative estimate of drug-likeness (QED) is 0.627. The molecule has 1 atom stereocenters. The van der Waals surface area contributed by atoms with Crippen molar-refractivity contribution in [3.8, 4) is 0 Å². The maximum atomic E-state index is 13.1. The van der Waals surface area contributed by atoms with Gasteiger partial charge in [0.15, 0.2) is 5.78 Å². The van der Waals surface area contributed by atoms with Gasteiger partial charge in [-0.1, -0.05) is 53.0 Å². The summed E-state index contributed by atoms with van der Waals surface area (Å²) in [4.78, 5) is 17.0. The third-order valence-electron chi connectivity index (χ3n) is 3.83. The zero-order chi connectivity index (χ0) is 17.1. The number of hydrogen-bond acceptors (Lipinski definition) is 3. The Morgan fingerprint density at radius 2 is 1.92 bits per heavy atom. The molecule has 3 aromatic rings. The van der Waals surface area contributed by atoms with Crippen molar-refractivity contribution in [3.05, 3.63) is 81.9 Å². The topological polar surface area (TPSA) is 47.8 Å². The molecule has 122 valence electrons. The van der Waals surface area contributed by atoms with Crippen LogP contribution in [0.3, 0.4) is 0 Å². The van der Waals surface area contributed by atoms with E-state index in [1.54, 1.807) is 29.2 Å². The number of aromatic nitrogens is 3. The Hall–Kier alpha value is -2.17. The first-order chi connectivity index (χ1) is 11.5. The molecule has 0 N–H and O–H groups in total. The summed E-state index contributed by atoms with van der Waals surface area (Å²) in [5, 5.41) is 4.96. The number of halogens is 2. The first-order valence-corrected chi connectivity index (χ1v) is 8.18. The number of Topliss-reactive ketones (excluding diaryl/α,β-unsaturated/α-hetero) is 1. The second-order valence-corrected chi connectivity index (χ2v) is 6.41. The Kier molecular flexibility index (Phi) is 4.97. The van der Waals surface area contributed by atoms with Gasteiger partial charge in [-0.2, -0.15) is 5.10 Å². The fraction of sp³-hybridized carbons (Fsp3) is 0.167. The average Bonchev–Trinajstić information content (AvgIpc) is 3.06. The Morgan fingerprint density at radius 3 is 2.54 bits per heavy atom. The van der Waals surface area contributed by atoms with Gasteiger partial charge >= 0.3 is 0 Å². The van der Waals surface area contributed by atoms with Crippen molar-refractivity contribution >= 4 is 29.0 Å². The third kappa shape index (κ3) is 3.66. The molecule has 2 aromatic carbocycles. The molecule has 1 heterocycles. The van der Waals surface area contributed by atoms with Crippen LogP contribution >= 0.6 is 23.2 Å². The minimum Gasteiger partial charge on any atom is -0.293 e. The van der Waals surface area contributed by atoms with Gasteiger partial charge in [-0.3, -0.25) is 9.48 Å². The molecule has 1 aromatic heterocycles. The summed E-state index contributed by atoms with van der Waals surface area (Å²) in [7, 11) is 0. The minimum absolute atomic E-state index is 0.0731. The molecule has 0 amide bonds. The van der Waals surface area contributed by atoms with Crippen molar-refractivity contribution in [1.82, 2.24) is 14.8 Å². The molecule has 0 saturated heterocycles. The van der Waals surface area contributed by atoms with Gasteiger partial charge in [0.25, 0.3) is 0 Å². The zero-order valence-corrected chi connectivity index (χ0v) is 14.5. The lowest BCUT2D eigenvalue weighted by Crippen LogP contribution is -2.20. The van der Waals surface area contributed by atoms with Crippen molar-refractivity contribution in [2.45, 2.75) is 19.4 Å². The SMILES string of the molecule is Cc1ccc(C(Cn2cncn2)C(=O)c2ccc(Cl)cc2Cl)cc1. The van der Waals surface area contributed by atoms with E-state index in [0.29, 0.717) is 22.2 Å². The molecular weight excluding hydrogens is 345 g/mol. The molecule has 24 heavy (non-hydrogen) atoms. The highest BCUT2D eigenvalue weighted by Gasteiger charge is 2.25. The lowest BCUT2D eigenvalue weighted by molar-refractivity contribution is 0.0949. The highest BCUT2D eigenvalue weighted by molar-refractivity contribution is 6.37. The van der Waals surface area contributed by atoms with E-state index in [1.165, 1.54) is 6.33 Å². The van der Waals surface area contributed by atoms with Crippen molar-refractivity contribution < 1.29 is 4.79 Å². The summed E-state index contributed by atoms with van der Waals surface area (Å²) < 4.78 is 1.65.